The topological polar surface area (TPSA) is 33.2 Å². The van der Waals surface area contributed by atoms with Crippen LogP contribution in [0.4, 0.5) is 0 Å². The van der Waals surface area contributed by atoms with Crippen LogP contribution in [0.3, 0.4) is 0 Å². The Morgan fingerprint density at radius 2 is 1.95 bits per heavy atom. The predicted octanol–water partition coefficient (Wildman–Crippen LogP) is 4.15. The average Bonchev–Trinajstić information content (AvgIpc) is 2.55. The Hall–Kier alpha value is -1.61. The summed E-state index contributed by atoms with van der Waals surface area (Å²) >= 11 is 6.12. The summed E-state index contributed by atoms with van der Waals surface area (Å²) in [4.78, 5) is 18.9. The summed E-state index contributed by atoms with van der Waals surface area (Å²) in [6.07, 6.45) is 5.01. The number of likely N-dealkylation sites (tertiary alicyclic amines) is 1. The number of rotatable bonds is 2. The Balaban J connectivity index is 1.90. The van der Waals surface area contributed by atoms with E-state index in [-0.39, 0.29) is 5.91 Å². The predicted molar refractivity (Wildman–Crippen MR) is 85.7 cm³/mol. The summed E-state index contributed by atoms with van der Waals surface area (Å²) < 4.78 is 0. The van der Waals surface area contributed by atoms with Gasteiger partial charge in [-0.3, -0.25) is 4.79 Å². The van der Waals surface area contributed by atoms with E-state index in [2.05, 4.69) is 11.9 Å². The molecule has 3 rings (SSSR count). The largest absolute Gasteiger partial charge is 0.339 e. The van der Waals surface area contributed by atoms with Crippen LogP contribution >= 0.6 is 11.6 Å². The van der Waals surface area contributed by atoms with E-state index in [1.807, 2.05) is 29.2 Å². The first-order chi connectivity index (χ1) is 10.2. The minimum Gasteiger partial charge on any atom is -0.339 e. The van der Waals surface area contributed by atoms with Crippen molar-refractivity contribution in [2.75, 3.05) is 13.1 Å². The smallest absolute Gasteiger partial charge is 0.256 e. The van der Waals surface area contributed by atoms with Crippen molar-refractivity contribution in [3.63, 3.8) is 0 Å². The molecule has 2 heterocycles. The van der Waals surface area contributed by atoms with E-state index in [9.17, 15) is 4.79 Å². The number of aromatic nitrogens is 1. The molecule has 1 amide bonds. The van der Waals surface area contributed by atoms with Crippen molar-refractivity contribution in [3.8, 4) is 0 Å². The Bertz CT molecular complexity index is 663. The van der Waals surface area contributed by atoms with Crippen LogP contribution in [0.1, 0.15) is 36.5 Å². The van der Waals surface area contributed by atoms with Gasteiger partial charge in [0, 0.05) is 24.7 Å². The fourth-order valence-electron chi connectivity index (χ4n) is 3.04. The lowest BCUT2D eigenvalue weighted by Crippen LogP contribution is -2.38. The van der Waals surface area contributed by atoms with Gasteiger partial charge in [-0.05, 0) is 24.1 Å². The molecule has 1 aromatic carbocycles. The van der Waals surface area contributed by atoms with E-state index in [4.69, 9.17) is 11.6 Å². The number of carbonyl (C=O) groups is 1. The Morgan fingerprint density at radius 1 is 1.29 bits per heavy atom. The van der Waals surface area contributed by atoms with Gasteiger partial charge in [0.1, 0.15) is 5.15 Å². The fraction of sp³-hybridized carbons (Fsp3) is 0.412. The van der Waals surface area contributed by atoms with Crippen LogP contribution < -0.4 is 0 Å². The van der Waals surface area contributed by atoms with Crippen LogP contribution in [0, 0.1) is 5.92 Å². The third kappa shape index (κ3) is 2.75. The van der Waals surface area contributed by atoms with E-state index in [0.717, 1.165) is 42.6 Å². The third-order valence-corrected chi connectivity index (χ3v) is 4.76. The summed E-state index contributed by atoms with van der Waals surface area (Å²) in [5.74, 6) is 0.832. The van der Waals surface area contributed by atoms with Crippen LogP contribution in [-0.4, -0.2) is 28.9 Å². The van der Waals surface area contributed by atoms with Crippen LogP contribution in [0.15, 0.2) is 30.5 Å². The van der Waals surface area contributed by atoms with Gasteiger partial charge in [0.05, 0.1) is 5.56 Å². The maximum atomic E-state index is 12.8. The van der Waals surface area contributed by atoms with Gasteiger partial charge in [0.25, 0.3) is 5.91 Å². The number of pyridine rings is 1. The second-order valence-electron chi connectivity index (χ2n) is 5.65. The summed E-state index contributed by atoms with van der Waals surface area (Å²) in [6.45, 7) is 3.90. The van der Waals surface area contributed by atoms with Gasteiger partial charge in [0.2, 0.25) is 0 Å². The first-order valence-corrected chi connectivity index (χ1v) is 7.91. The lowest BCUT2D eigenvalue weighted by molar-refractivity contribution is 0.0690. The standard InChI is InChI=1S/C17H19ClN2O/c1-2-12-7-9-20(10-8-12)17(21)15-11-19-16(18)14-6-4-3-5-13(14)15/h3-6,11-12H,2,7-10H2,1H3. The molecular formula is C17H19ClN2O. The van der Waals surface area contributed by atoms with Crippen LogP contribution in [0.25, 0.3) is 10.8 Å². The van der Waals surface area contributed by atoms with Crippen molar-refractivity contribution in [1.29, 1.82) is 0 Å². The molecule has 0 radical (unpaired) electrons. The molecule has 0 spiro atoms. The molecule has 1 saturated heterocycles. The van der Waals surface area contributed by atoms with E-state index in [0.29, 0.717) is 10.7 Å². The number of nitrogens with zero attached hydrogens (tertiary/aromatic N) is 2. The number of hydrogen-bond acceptors (Lipinski definition) is 2. The molecule has 0 unspecified atom stereocenters. The van der Waals surface area contributed by atoms with E-state index < -0.39 is 0 Å². The average molecular weight is 303 g/mol. The second-order valence-corrected chi connectivity index (χ2v) is 6.01. The molecule has 0 atom stereocenters. The lowest BCUT2D eigenvalue weighted by atomic mass is 9.94. The second kappa shape index (κ2) is 6.02. The van der Waals surface area contributed by atoms with Gasteiger partial charge < -0.3 is 4.90 Å². The van der Waals surface area contributed by atoms with Crippen molar-refractivity contribution in [2.24, 2.45) is 5.92 Å². The number of fused-ring (bicyclic) bond motifs is 1. The Labute approximate surface area is 129 Å². The number of halogens is 1. The maximum absolute atomic E-state index is 12.8. The van der Waals surface area contributed by atoms with Crippen LogP contribution in [-0.2, 0) is 0 Å². The molecular weight excluding hydrogens is 284 g/mol. The molecule has 0 N–H and O–H groups in total. The lowest BCUT2D eigenvalue weighted by Gasteiger charge is -2.31. The van der Waals surface area contributed by atoms with Crippen molar-refractivity contribution in [3.05, 3.63) is 41.2 Å². The fourth-order valence-corrected chi connectivity index (χ4v) is 3.26. The molecule has 1 aromatic heterocycles. The molecule has 4 heteroatoms. The van der Waals surface area contributed by atoms with Crippen LogP contribution in [0.5, 0.6) is 0 Å². The first-order valence-electron chi connectivity index (χ1n) is 7.53. The van der Waals surface area contributed by atoms with Gasteiger partial charge in [0.15, 0.2) is 0 Å². The molecule has 21 heavy (non-hydrogen) atoms. The highest BCUT2D eigenvalue weighted by Crippen LogP contribution is 2.27. The third-order valence-electron chi connectivity index (χ3n) is 4.46. The van der Waals surface area contributed by atoms with Gasteiger partial charge in [-0.1, -0.05) is 49.2 Å². The van der Waals surface area contributed by atoms with Crippen molar-refractivity contribution >= 4 is 28.3 Å². The minimum atomic E-state index is 0.0740. The highest BCUT2D eigenvalue weighted by atomic mass is 35.5. The van der Waals surface area contributed by atoms with Crippen molar-refractivity contribution < 1.29 is 4.79 Å². The normalized spacial score (nSPS) is 16.4. The molecule has 1 aliphatic rings. The van der Waals surface area contributed by atoms with E-state index in [1.54, 1.807) is 6.20 Å². The van der Waals surface area contributed by atoms with Crippen LogP contribution in [0.2, 0.25) is 5.15 Å². The summed E-state index contributed by atoms with van der Waals surface area (Å²) in [6, 6.07) is 7.69. The van der Waals surface area contributed by atoms with Gasteiger partial charge >= 0.3 is 0 Å². The Morgan fingerprint density at radius 3 is 2.62 bits per heavy atom. The number of carbonyl (C=O) groups excluding carboxylic acids is 1. The molecule has 110 valence electrons. The maximum Gasteiger partial charge on any atom is 0.256 e. The quantitative estimate of drug-likeness (QED) is 0.781. The van der Waals surface area contributed by atoms with Gasteiger partial charge in [-0.25, -0.2) is 4.98 Å². The van der Waals surface area contributed by atoms with Gasteiger partial charge in [-0.2, -0.15) is 0 Å². The van der Waals surface area contributed by atoms with Gasteiger partial charge in [-0.15, -0.1) is 0 Å². The SMILES string of the molecule is CCC1CCN(C(=O)c2cnc(Cl)c3ccccc23)CC1. The number of benzene rings is 1. The van der Waals surface area contributed by atoms with E-state index >= 15 is 0 Å². The zero-order chi connectivity index (χ0) is 14.8. The zero-order valence-electron chi connectivity index (χ0n) is 12.2. The summed E-state index contributed by atoms with van der Waals surface area (Å²) in [5.41, 5.74) is 0.657. The molecule has 0 aliphatic carbocycles. The minimum absolute atomic E-state index is 0.0740. The Kier molecular flexibility index (Phi) is 4.11. The highest BCUT2D eigenvalue weighted by Gasteiger charge is 2.24. The molecule has 0 saturated carbocycles. The number of piperidine rings is 1. The highest BCUT2D eigenvalue weighted by molar-refractivity contribution is 6.34. The monoisotopic (exact) mass is 302 g/mol. The summed E-state index contributed by atoms with van der Waals surface area (Å²) in [5, 5.41) is 2.18. The molecule has 1 fully saturated rings. The molecule has 1 aliphatic heterocycles. The zero-order valence-corrected chi connectivity index (χ0v) is 12.9. The van der Waals surface area contributed by atoms with E-state index in [1.165, 1.54) is 6.42 Å². The van der Waals surface area contributed by atoms with Crippen molar-refractivity contribution in [1.82, 2.24) is 9.88 Å². The summed E-state index contributed by atoms with van der Waals surface area (Å²) in [7, 11) is 0. The van der Waals surface area contributed by atoms with Crippen molar-refractivity contribution in [2.45, 2.75) is 26.2 Å². The number of hydrogen-bond donors (Lipinski definition) is 0. The molecule has 3 nitrogen and oxygen atoms in total. The first kappa shape index (κ1) is 14.3. The molecule has 0 bridgehead atoms. The number of amides is 1. The molecule has 2 aromatic rings.